The van der Waals surface area contributed by atoms with E-state index in [4.69, 9.17) is 27.9 Å². The molecule has 4 rings (SSSR count). The van der Waals surface area contributed by atoms with Crippen molar-refractivity contribution in [3.05, 3.63) is 88.4 Å². The Labute approximate surface area is 206 Å². The van der Waals surface area contributed by atoms with Crippen molar-refractivity contribution in [3.8, 4) is 5.69 Å². The summed E-state index contributed by atoms with van der Waals surface area (Å²) in [6, 6.07) is 11.7. The standard InChI is InChI=1S/C24H23Cl2FN6O/c1-24(2,3)23(34-13-18-12-32(31-30-18)21-7-5-4-6-20(21)27)22(33-15-28-14-29-33)10-16-8-9-17(25)11-19(16)26/h4-12,14-15,23H,13H2,1-3H3/b22-10-. The maximum Gasteiger partial charge on any atom is 0.148 e. The van der Waals surface area contributed by atoms with Crippen molar-refractivity contribution in [2.24, 2.45) is 5.41 Å². The van der Waals surface area contributed by atoms with E-state index in [2.05, 4.69) is 41.2 Å². The van der Waals surface area contributed by atoms with Crippen LogP contribution in [0.15, 0.2) is 61.3 Å². The van der Waals surface area contributed by atoms with Crippen molar-refractivity contribution in [2.75, 3.05) is 0 Å². The van der Waals surface area contributed by atoms with Crippen LogP contribution in [0.25, 0.3) is 17.5 Å². The Kier molecular flexibility index (Phi) is 7.11. The van der Waals surface area contributed by atoms with Crippen molar-refractivity contribution < 1.29 is 9.13 Å². The maximum absolute atomic E-state index is 14.1. The number of nitrogens with zero attached hydrogens (tertiary/aromatic N) is 6. The normalized spacial score (nSPS) is 13.3. The molecule has 0 bridgehead atoms. The van der Waals surface area contributed by atoms with Gasteiger partial charge in [-0.05, 0) is 41.3 Å². The lowest BCUT2D eigenvalue weighted by Crippen LogP contribution is -2.33. The molecule has 0 fully saturated rings. The van der Waals surface area contributed by atoms with Gasteiger partial charge < -0.3 is 4.74 Å². The molecular formula is C24H23Cl2FN6O. The van der Waals surface area contributed by atoms with Gasteiger partial charge in [-0.2, -0.15) is 5.10 Å². The summed E-state index contributed by atoms with van der Waals surface area (Å²) in [4.78, 5) is 4.09. The Morgan fingerprint density at radius 2 is 1.97 bits per heavy atom. The average molecular weight is 501 g/mol. The van der Waals surface area contributed by atoms with Gasteiger partial charge >= 0.3 is 0 Å². The number of para-hydroxylation sites is 1. The van der Waals surface area contributed by atoms with E-state index < -0.39 is 6.10 Å². The van der Waals surface area contributed by atoms with Gasteiger partial charge in [0.1, 0.15) is 36.0 Å². The first-order chi connectivity index (χ1) is 16.2. The number of halogens is 3. The van der Waals surface area contributed by atoms with Gasteiger partial charge in [0.2, 0.25) is 0 Å². The van der Waals surface area contributed by atoms with Gasteiger partial charge in [-0.1, -0.05) is 67.4 Å². The van der Waals surface area contributed by atoms with Crippen LogP contribution in [0.5, 0.6) is 0 Å². The molecule has 2 aromatic carbocycles. The number of hydrogen-bond donors (Lipinski definition) is 0. The molecule has 0 aliphatic carbocycles. The highest BCUT2D eigenvalue weighted by Gasteiger charge is 2.31. The summed E-state index contributed by atoms with van der Waals surface area (Å²) in [5.74, 6) is -0.385. The second-order valence-corrected chi connectivity index (χ2v) is 9.58. The molecule has 0 saturated carbocycles. The first-order valence-electron chi connectivity index (χ1n) is 10.5. The summed E-state index contributed by atoms with van der Waals surface area (Å²) < 4.78 is 23.5. The SMILES string of the molecule is CC(C)(C)C(OCc1cn(-c2ccccc2F)nn1)/C(=C/c1ccc(Cl)cc1Cl)n1cncn1. The lowest BCUT2D eigenvalue weighted by molar-refractivity contribution is 0.00609. The predicted molar refractivity (Wildman–Crippen MR) is 130 cm³/mol. The molecule has 1 atom stereocenters. The second kappa shape index (κ2) is 10.0. The first-order valence-corrected chi connectivity index (χ1v) is 11.3. The molecule has 34 heavy (non-hydrogen) atoms. The van der Waals surface area contributed by atoms with Crippen molar-refractivity contribution in [1.82, 2.24) is 29.8 Å². The van der Waals surface area contributed by atoms with E-state index in [1.807, 2.05) is 12.1 Å². The number of ether oxygens (including phenoxy) is 1. The molecule has 4 aromatic rings. The number of benzene rings is 2. The minimum Gasteiger partial charge on any atom is -0.365 e. The zero-order valence-electron chi connectivity index (χ0n) is 18.9. The molecule has 0 N–H and O–H groups in total. The summed E-state index contributed by atoms with van der Waals surface area (Å²) in [5.41, 5.74) is 2.03. The molecule has 0 spiro atoms. The Bertz CT molecular complexity index is 1300. The smallest absolute Gasteiger partial charge is 0.148 e. The quantitative estimate of drug-likeness (QED) is 0.314. The molecule has 7 nitrogen and oxygen atoms in total. The third-order valence-electron chi connectivity index (χ3n) is 5.04. The summed E-state index contributed by atoms with van der Waals surface area (Å²) in [7, 11) is 0. The van der Waals surface area contributed by atoms with Crippen LogP contribution < -0.4 is 0 Å². The monoisotopic (exact) mass is 500 g/mol. The molecule has 0 amide bonds. The predicted octanol–water partition coefficient (Wildman–Crippen LogP) is 5.93. The fourth-order valence-electron chi connectivity index (χ4n) is 3.45. The zero-order valence-corrected chi connectivity index (χ0v) is 20.4. The van der Waals surface area contributed by atoms with E-state index in [0.29, 0.717) is 21.4 Å². The summed E-state index contributed by atoms with van der Waals surface area (Å²) >= 11 is 12.5. The zero-order chi connectivity index (χ0) is 24.3. The van der Waals surface area contributed by atoms with E-state index >= 15 is 0 Å². The van der Waals surface area contributed by atoms with Crippen LogP contribution in [0, 0.1) is 11.2 Å². The van der Waals surface area contributed by atoms with Crippen LogP contribution in [-0.4, -0.2) is 35.9 Å². The summed E-state index contributed by atoms with van der Waals surface area (Å²) in [6.07, 6.45) is 6.18. The van der Waals surface area contributed by atoms with Gasteiger partial charge in [0.25, 0.3) is 0 Å². The van der Waals surface area contributed by atoms with Crippen LogP contribution in [0.4, 0.5) is 4.39 Å². The van der Waals surface area contributed by atoms with E-state index in [1.165, 1.54) is 17.1 Å². The van der Waals surface area contributed by atoms with E-state index in [-0.39, 0.29) is 17.8 Å². The van der Waals surface area contributed by atoms with Crippen LogP contribution >= 0.6 is 23.2 Å². The molecule has 0 saturated heterocycles. The van der Waals surface area contributed by atoms with Crippen molar-refractivity contribution >= 4 is 35.0 Å². The van der Waals surface area contributed by atoms with Crippen molar-refractivity contribution in [1.29, 1.82) is 0 Å². The third-order valence-corrected chi connectivity index (χ3v) is 5.60. The summed E-state index contributed by atoms with van der Waals surface area (Å²) in [6.45, 7) is 6.32. The minimum absolute atomic E-state index is 0.150. The molecule has 0 aliphatic heterocycles. The number of aromatic nitrogens is 6. The molecule has 176 valence electrons. The highest BCUT2D eigenvalue weighted by atomic mass is 35.5. The number of rotatable bonds is 7. The largest absolute Gasteiger partial charge is 0.365 e. The van der Waals surface area contributed by atoms with Crippen LogP contribution in [0.2, 0.25) is 10.0 Å². The van der Waals surface area contributed by atoms with Gasteiger partial charge in [-0.3, -0.25) is 0 Å². The van der Waals surface area contributed by atoms with Crippen molar-refractivity contribution in [3.63, 3.8) is 0 Å². The molecule has 0 aliphatic rings. The fourth-order valence-corrected chi connectivity index (χ4v) is 3.91. The highest BCUT2D eigenvalue weighted by molar-refractivity contribution is 6.35. The Hall–Kier alpha value is -3.07. The topological polar surface area (TPSA) is 70.7 Å². The van der Waals surface area contributed by atoms with Crippen LogP contribution in [-0.2, 0) is 11.3 Å². The lowest BCUT2D eigenvalue weighted by atomic mass is 9.86. The van der Waals surface area contributed by atoms with Crippen LogP contribution in [0.1, 0.15) is 32.0 Å². The van der Waals surface area contributed by atoms with Gasteiger partial charge in [0, 0.05) is 10.0 Å². The van der Waals surface area contributed by atoms with Gasteiger partial charge in [-0.25, -0.2) is 18.7 Å². The molecule has 2 aromatic heterocycles. The minimum atomic E-state index is -0.431. The van der Waals surface area contributed by atoms with E-state index in [1.54, 1.807) is 47.5 Å². The molecular weight excluding hydrogens is 478 g/mol. The van der Waals surface area contributed by atoms with E-state index in [9.17, 15) is 4.39 Å². The van der Waals surface area contributed by atoms with Gasteiger partial charge in [0.15, 0.2) is 0 Å². The molecule has 0 radical (unpaired) electrons. The second-order valence-electron chi connectivity index (χ2n) is 8.74. The molecule has 1 unspecified atom stereocenters. The Morgan fingerprint density at radius 3 is 2.65 bits per heavy atom. The Morgan fingerprint density at radius 1 is 1.18 bits per heavy atom. The first kappa shape index (κ1) is 24.1. The number of hydrogen-bond acceptors (Lipinski definition) is 5. The third kappa shape index (κ3) is 5.52. The fraction of sp³-hybridized carbons (Fsp3) is 0.250. The molecule has 2 heterocycles. The van der Waals surface area contributed by atoms with Crippen molar-refractivity contribution in [2.45, 2.75) is 33.5 Å². The summed E-state index contributed by atoms with van der Waals surface area (Å²) in [5, 5.41) is 13.6. The lowest BCUT2D eigenvalue weighted by Gasteiger charge is -2.32. The van der Waals surface area contributed by atoms with Gasteiger partial charge in [0.05, 0.1) is 18.5 Å². The maximum atomic E-state index is 14.1. The van der Waals surface area contributed by atoms with Crippen LogP contribution in [0.3, 0.4) is 0 Å². The highest BCUT2D eigenvalue weighted by Crippen LogP contribution is 2.34. The van der Waals surface area contributed by atoms with E-state index in [0.717, 1.165) is 11.3 Å². The molecule has 10 heteroatoms. The Balaban J connectivity index is 1.65. The van der Waals surface area contributed by atoms with Gasteiger partial charge in [-0.15, -0.1) is 5.10 Å². The average Bonchev–Trinajstić information content (AvgIpc) is 3.46.